The van der Waals surface area contributed by atoms with Gasteiger partial charge in [0.05, 0.1) is 55.5 Å². The minimum atomic E-state index is 0.580. The monoisotopic (exact) mass is 693 g/mol. The summed E-state index contributed by atoms with van der Waals surface area (Å²) in [5.74, 6) is 1.46. The number of para-hydroxylation sites is 9. The van der Waals surface area contributed by atoms with Crippen molar-refractivity contribution in [2.75, 3.05) is 0 Å². The van der Waals surface area contributed by atoms with Crippen molar-refractivity contribution in [2.45, 2.75) is 0 Å². The normalized spacial score (nSPS) is 12.4. The summed E-state index contributed by atoms with van der Waals surface area (Å²) >= 11 is 0. The molecule has 6 aromatic heterocycles. The molecule has 0 aliphatic rings. The van der Waals surface area contributed by atoms with Crippen LogP contribution in [-0.4, -0.2) is 32.5 Å². The minimum absolute atomic E-state index is 0.580. The number of hydrogen-bond acceptors (Lipinski definition) is 3. The Balaban J connectivity index is 1.14. The maximum atomic E-state index is 6.28. The molecule has 7 aromatic carbocycles. The average Bonchev–Trinajstić information content (AvgIpc) is 4.05. The van der Waals surface area contributed by atoms with E-state index in [1.54, 1.807) is 0 Å². The summed E-state index contributed by atoms with van der Waals surface area (Å²) in [6, 6.07) is 57.7. The van der Waals surface area contributed by atoms with E-state index >= 15 is 0 Å². The van der Waals surface area contributed by atoms with E-state index in [-0.39, 0.29) is 0 Å². The Morgan fingerprint density at radius 1 is 0.426 bits per heavy atom. The van der Waals surface area contributed by atoms with Crippen molar-refractivity contribution in [1.82, 2.24) is 32.5 Å². The Morgan fingerprint density at radius 3 is 1.85 bits per heavy atom. The standard InChI is InChI=1S/C46H27N7O/c1-4-18-33-30(15-1)42-31-16-2-5-19-34(31)51(39-24-12-25-40-43(39)48-46-53(40)38-23-9-10-26-41(38)54-46)44(42)49(33)28-13-11-14-29(27-28)50-36-21-7-8-22-37(36)52-35-20-6-3-17-32(35)47-45(50)52/h1-27H. The van der Waals surface area contributed by atoms with Gasteiger partial charge >= 0.3 is 5.84 Å². The predicted molar refractivity (Wildman–Crippen MR) is 217 cm³/mol. The molecule has 0 unspecified atom stereocenters. The van der Waals surface area contributed by atoms with Crippen molar-refractivity contribution in [1.29, 1.82) is 0 Å². The van der Waals surface area contributed by atoms with E-state index in [0.29, 0.717) is 5.84 Å². The van der Waals surface area contributed by atoms with Gasteiger partial charge in [-0.15, -0.1) is 0 Å². The SMILES string of the molecule is c1cc(-n2c3ccccc3c3c4ccccc4n(-c4cccc5c4nc4oc6ccccc6n45)c32)cc(-n2c3ccccc3n3c4ccccc4nc23)c1. The molecule has 0 N–H and O–H groups in total. The molecule has 13 rings (SSSR count). The summed E-state index contributed by atoms with van der Waals surface area (Å²) < 4.78 is 17.8. The second kappa shape index (κ2) is 10.1. The van der Waals surface area contributed by atoms with Crippen molar-refractivity contribution in [2.24, 2.45) is 0 Å². The summed E-state index contributed by atoms with van der Waals surface area (Å²) in [5.41, 5.74) is 14.4. The van der Waals surface area contributed by atoms with Gasteiger partial charge in [-0.25, -0.2) is 4.98 Å². The van der Waals surface area contributed by atoms with Crippen LogP contribution < -0.4 is 0 Å². The molecule has 0 fully saturated rings. The molecule has 8 nitrogen and oxygen atoms in total. The lowest BCUT2D eigenvalue weighted by Gasteiger charge is -2.15. The van der Waals surface area contributed by atoms with Crippen molar-refractivity contribution < 1.29 is 4.42 Å². The van der Waals surface area contributed by atoms with Gasteiger partial charge in [-0.05, 0) is 78.9 Å². The Hall–Kier alpha value is -7.58. The molecule has 6 heterocycles. The summed E-state index contributed by atoms with van der Waals surface area (Å²) in [7, 11) is 0. The summed E-state index contributed by atoms with van der Waals surface area (Å²) in [6.45, 7) is 0. The zero-order valence-electron chi connectivity index (χ0n) is 28.6. The van der Waals surface area contributed by atoms with Crippen LogP contribution in [0.15, 0.2) is 168 Å². The van der Waals surface area contributed by atoms with Crippen molar-refractivity contribution in [3.63, 3.8) is 0 Å². The molecule has 0 atom stereocenters. The maximum Gasteiger partial charge on any atom is 0.307 e. The first-order valence-electron chi connectivity index (χ1n) is 18.1. The molecule has 0 aliphatic carbocycles. The van der Waals surface area contributed by atoms with E-state index in [9.17, 15) is 0 Å². The van der Waals surface area contributed by atoms with Crippen LogP contribution in [-0.2, 0) is 0 Å². The van der Waals surface area contributed by atoms with Gasteiger partial charge in [-0.2, -0.15) is 4.98 Å². The first kappa shape index (κ1) is 28.1. The Bertz CT molecular complexity index is 3700. The molecule has 0 aliphatic heterocycles. The van der Waals surface area contributed by atoms with Crippen LogP contribution in [0.5, 0.6) is 0 Å². The van der Waals surface area contributed by atoms with Gasteiger partial charge < -0.3 is 4.42 Å². The van der Waals surface area contributed by atoms with E-state index in [1.807, 2.05) is 24.3 Å². The van der Waals surface area contributed by atoms with Crippen molar-refractivity contribution in [3.8, 4) is 17.1 Å². The van der Waals surface area contributed by atoms with Gasteiger partial charge in [0.2, 0.25) is 5.78 Å². The highest BCUT2D eigenvalue weighted by Crippen LogP contribution is 2.42. The third-order valence-corrected chi connectivity index (χ3v) is 11.1. The third-order valence-electron chi connectivity index (χ3n) is 11.1. The smallest absolute Gasteiger partial charge is 0.307 e. The summed E-state index contributed by atoms with van der Waals surface area (Å²) in [6.07, 6.45) is 0. The van der Waals surface area contributed by atoms with Gasteiger partial charge in [-0.3, -0.25) is 22.5 Å². The lowest BCUT2D eigenvalue weighted by molar-refractivity contribution is 0.643. The third kappa shape index (κ3) is 3.47. The van der Waals surface area contributed by atoms with Crippen LogP contribution in [0.4, 0.5) is 0 Å². The highest BCUT2D eigenvalue weighted by Gasteiger charge is 2.25. The second-order valence-electron chi connectivity index (χ2n) is 13.9. The molecule has 0 radical (unpaired) electrons. The number of benzene rings is 7. The molecular weight excluding hydrogens is 667 g/mol. The molecule has 252 valence electrons. The number of hydrogen-bond donors (Lipinski definition) is 0. The quantitative estimate of drug-likeness (QED) is 0.185. The topological polar surface area (TPSA) is 62.5 Å². The Labute approximate surface area is 305 Å². The molecule has 0 bridgehead atoms. The number of oxazole rings is 1. The second-order valence-corrected chi connectivity index (χ2v) is 13.9. The van der Waals surface area contributed by atoms with Crippen molar-refractivity contribution >= 4 is 88.7 Å². The average molecular weight is 694 g/mol. The molecule has 8 heteroatoms. The van der Waals surface area contributed by atoms with Crippen molar-refractivity contribution in [3.05, 3.63) is 164 Å². The minimum Gasteiger partial charge on any atom is -0.423 e. The van der Waals surface area contributed by atoms with Gasteiger partial charge in [0.15, 0.2) is 5.58 Å². The van der Waals surface area contributed by atoms with E-state index in [1.165, 1.54) is 16.2 Å². The van der Waals surface area contributed by atoms with Crippen LogP contribution in [0.25, 0.3) is 106 Å². The Morgan fingerprint density at radius 2 is 1.04 bits per heavy atom. The molecule has 0 spiro atoms. The number of fused-ring (bicyclic) bond motifs is 15. The van der Waals surface area contributed by atoms with Crippen LogP contribution in [0.3, 0.4) is 0 Å². The molecule has 0 saturated carbocycles. The van der Waals surface area contributed by atoms with E-state index < -0.39 is 0 Å². The van der Waals surface area contributed by atoms with Crippen LogP contribution in [0.2, 0.25) is 0 Å². The fourth-order valence-electron chi connectivity index (χ4n) is 8.95. The highest BCUT2D eigenvalue weighted by atomic mass is 16.4. The van der Waals surface area contributed by atoms with Crippen LogP contribution in [0.1, 0.15) is 0 Å². The largest absolute Gasteiger partial charge is 0.423 e. The molecule has 0 amide bonds. The highest BCUT2D eigenvalue weighted by molar-refractivity contribution is 6.23. The van der Waals surface area contributed by atoms with E-state index in [4.69, 9.17) is 14.4 Å². The first-order chi connectivity index (χ1) is 26.8. The summed E-state index contributed by atoms with van der Waals surface area (Å²) in [5, 5.41) is 3.58. The number of imidazole rings is 3. The Kier molecular flexibility index (Phi) is 5.22. The van der Waals surface area contributed by atoms with Crippen LogP contribution >= 0.6 is 0 Å². The predicted octanol–water partition coefficient (Wildman–Crippen LogP) is 11.0. The zero-order valence-corrected chi connectivity index (χ0v) is 28.6. The number of aromatic nitrogens is 7. The van der Waals surface area contributed by atoms with Crippen LogP contribution in [0, 0.1) is 0 Å². The van der Waals surface area contributed by atoms with Gasteiger partial charge in [0.1, 0.15) is 11.2 Å². The molecular formula is C46H27N7O. The fraction of sp³-hybridized carbons (Fsp3) is 0. The molecule has 13 aromatic rings. The number of nitrogens with zero attached hydrogens (tertiary/aromatic N) is 7. The number of rotatable bonds is 3. The molecule has 54 heavy (non-hydrogen) atoms. The maximum absolute atomic E-state index is 6.28. The summed E-state index contributed by atoms with van der Waals surface area (Å²) in [4.78, 5) is 10.3. The lowest BCUT2D eigenvalue weighted by atomic mass is 10.1. The first-order valence-corrected chi connectivity index (χ1v) is 18.1. The lowest BCUT2D eigenvalue weighted by Crippen LogP contribution is -2.03. The van der Waals surface area contributed by atoms with Gasteiger partial charge in [0, 0.05) is 21.8 Å². The molecule has 0 saturated heterocycles. The fourth-order valence-corrected chi connectivity index (χ4v) is 8.95. The van der Waals surface area contributed by atoms with E-state index in [2.05, 4.69) is 162 Å². The van der Waals surface area contributed by atoms with Gasteiger partial charge in [0.25, 0.3) is 0 Å². The van der Waals surface area contributed by atoms with Gasteiger partial charge in [-0.1, -0.05) is 84.9 Å². The zero-order chi connectivity index (χ0) is 35.1. The van der Waals surface area contributed by atoms with E-state index in [0.717, 1.165) is 83.7 Å².